The standard InChI is InChI=1S/C17H19ClO2/c1-12(18)14-15(13-8-4-2-5-9-13)17(20-16(14)19)10-6-3-7-11-17/h2,4-5,8-9,12H,3,6-7,10-11H2,1H3. The molecule has 1 aromatic carbocycles. The van der Waals surface area contributed by atoms with E-state index in [-0.39, 0.29) is 11.3 Å². The molecule has 0 aromatic heterocycles. The third-order valence-corrected chi connectivity index (χ3v) is 4.57. The van der Waals surface area contributed by atoms with E-state index in [0.29, 0.717) is 5.57 Å². The van der Waals surface area contributed by atoms with Crippen LogP contribution in [0.15, 0.2) is 35.9 Å². The number of benzene rings is 1. The Morgan fingerprint density at radius 1 is 1.15 bits per heavy atom. The van der Waals surface area contributed by atoms with Gasteiger partial charge in [0.05, 0.1) is 11.0 Å². The molecule has 1 aliphatic heterocycles. The van der Waals surface area contributed by atoms with Crippen LogP contribution in [0.4, 0.5) is 0 Å². The van der Waals surface area contributed by atoms with Gasteiger partial charge >= 0.3 is 5.97 Å². The van der Waals surface area contributed by atoms with Gasteiger partial charge in [-0.3, -0.25) is 0 Å². The normalized spacial score (nSPS) is 23.0. The van der Waals surface area contributed by atoms with E-state index in [0.717, 1.165) is 36.8 Å². The van der Waals surface area contributed by atoms with Gasteiger partial charge in [0, 0.05) is 5.57 Å². The summed E-state index contributed by atoms with van der Waals surface area (Å²) in [5.74, 6) is -0.228. The Balaban J connectivity index is 2.16. The van der Waals surface area contributed by atoms with Crippen LogP contribution in [0.1, 0.15) is 44.6 Å². The first kappa shape index (κ1) is 13.7. The number of hydrogen-bond donors (Lipinski definition) is 0. The minimum Gasteiger partial charge on any atom is -0.451 e. The summed E-state index contributed by atoms with van der Waals surface area (Å²) < 4.78 is 5.83. The highest BCUT2D eigenvalue weighted by Gasteiger charge is 2.49. The van der Waals surface area contributed by atoms with Crippen molar-refractivity contribution in [2.45, 2.75) is 50.0 Å². The first-order valence-corrected chi connectivity index (χ1v) is 7.75. The third-order valence-electron chi connectivity index (χ3n) is 4.35. The second-order valence-electron chi connectivity index (χ2n) is 5.72. The number of rotatable bonds is 2. The van der Waals surface area contributed by atoms with Crippen LogP contribution in [0.5, 0.6) is 0 Å². The molecule has 2 aliphatic rings. The molecule has 0 radical (unpaired) electrons. The summed E-state index contributed by atoms with van der Waals surface area (Å²) in [5.41, 5.74) is 2.32. The zero-order valence-electron chi connectivity index (χ0n) is 11.7. The van der Waals surface area contributed by atoms with E-state index in [1.165, 1.54) is 6.42 Å². The molecule has 1 unspecified atom stereocenters. The van der Waals surface area contributed by atoms with Crippen molar-refractivity contribution in [2.75, 3.05) is 0 Å². The highest BCUT2D eigenvalue weighted by Crippen LogP contribution is 2.49. The van der Waals surface area contributed by atoms with Crippen LogP contribution in [0, 0.1) is 0 Å². The molecule has 1 saturated carbocycles. The van der Waals surface area contributed by atoms with Crippen molar-refractivity contribution in [2.24, 2.45) is 0 Å². The zero-order chi connectivity index (χ0) is 14.2. The van der Waals surface area contributed by atoms with E-state index < -0.39 is 5.60 Å². The van der Waals surface area contributed by atoms with E-state index in [1.54, 1.807) is 0 Å². The van der Waals surface area contributed by atoms with E-state index in [1.807, 2.05) is 37.3 Å². The van der Waals surface area contributed by atoms with Gasteiger partial charge in [-0.25, -0.2) is 4.79 Å². The molecule has 3 heteroatoms. The number of halogens is 1. The van der Waals surface area contributed by atoms with Crippen molar-refractivity contribution in [1.82, 2.24) is 0 Å². The van der Waals surface area contributed by atoms with Crippen molar-refractivity contribution in [3.63, 3.8) is 0 Å². The molecule has 106 valence electrons. The summed E-state index contributed by atoms with van der Waals surface area (Å²) in [6.45, 7) is 1.85. The minimum absolute atomic E-state index is 0.228. The lowest BCUT2D eigenvalue weighted by molar-refractivity contribution is -0.148. The molecule has 20 heavy (non-hydrogen) atoms. The van der Waals surface area contributed by atoms with Crippen LogP contribution in [-0.2, 0) is 9.53 Å². The smallest absolute Gasteiger partial charge is 0.336 e. The van der Waals surface area contributed by atoms with Crippen LogP contribution in [0.2, 0.25) is 0 Å². The molecule has 1 aliphatic carbocycles. The Hall–Kier alpha value is -1.28. The molecule has 1 aromatic rings. The van der Waals surface area contributed by atoms with Gasteiger partial charge in [0.15, 0.2) is 0 Å². The highest BCUT2D eigenvalue weighted by atomic mass is 35.5. The van der Waals surface area contributed by atoms with Crippen molar-refractivity contribution in [3.8, 4) is 0 Å². The molecule has 0 N–H and O–H groups in total. The Labute approximate surface area is 124 Å². The lowest BCUT2D eigenvalue weighted by atomic mass is 9.76. The summed E-state index contributed by atoms with van der Waals surface area (Å²) in [5, 5.41) is -0.320. The average Bonchev–Trinajstić information content (AvgIpc) is 2.73. The molecular formula is C17H19ClO2. The number of carbonyl (C=O) groups is 1. The fourth-order valence-electron chi connectivity index (χ4n) is 3.49. The number of carbonyl (C=O) groups excluding carboxylic acids is 1. The van der Waals surface area contributed by atoms with E-state index >= 15 is 0 Å². The van der Waals surface area contributed by atoms with Gasteiger partial charge in [-0.05, 0) is 38.2 Å². The second-order valence-corrected chi connectivity index (χ2v) is 6.37. The van der Waals surface area contributed by atoms with Gasteiger partial charge in [-0.2, -0.15) is 0 Å². The van der Waals surface area contributed by atoms with Crippen LogP contribution in [0.3, 0.4) is 0 Å². The molecule has 3 rings (SSSR count). The number of esters is 1. The van der Waals surface area contributed by atoms with Gasteiger partial charge in [-0.15, -0.1) is 11.6 Å². The summed E-state index contributed by atoms with van der Waals surface area (Å²) in [4.78, 5) is 12.3. The fourth-order valence-corrected chi connectivity index (χ4v) is 3.69. The second kappa shape index (κ2) is 5.25. The molecule has 2 nitrogen and oxygen atoms in total. The van der Waals surface area contributed by atoms with Gasteiger partial charge < -0.3 is 4.74 Å². The predicted molar refractivity (Wildman–Crippen MR) is 80.6 cm³/mol. The molecule has 1 atom stereocenters. The quantitative estimate of drug-likeness (QED) is 0.599. The first-order chi connectivity index (χ1) is 9.64. The van der Waals surface area contributed by atoms with E-state index in [2.05, 4.69) is 0 Å². The van der Waals surface area contributed by atoms with Crippen LogP contribution >= 0.6 is 11.6 Å². The number of ether oxygens (including phenoxy) is 1. The highest BCUT2D eigenvalue weighted by molar-refractivity contribution is 6.27. The lowest BCUT2D eigenvalue weighted by Gasteiger charge is -2.35. The first-order valence-electron chi connectivity index (χ1n) is 7.31. The lowest BCUT2D eigenvalue weighted by Crippen LogP contribution is -2.33. The molecular weight excluding hydrogens is 272 g/mol. The summed E-state index contributed by atoms with van der Waals surface area (Å²) in [6, 6.07) is 10.1. The van der Waals surface area contributed by atoms with E-state index in [4.69, 9.17) is 16.3 Å². The molecule has 0 saturated heterocycles. The van der Waals surface area contributed by atoms with Crippen LogP contribution in [0.25, 0.3) is 5.57 Å². The third kappa shape index (κ3) is 2.16. The number of hydrogen-bond acceptors (Lipinski definition) is 2. The van der Waals surface area contributed by atoms with Crippen molar-refractivity contribution < 1.29 is 9.53 Å². The summed E-state index contributed by atoms with van der Waals surface area (Å²) in [6.07, 6.45) is 5.25. The predicted octanol–water partition coefficient (Wildman–Crippen LogP) is 4.33. The topological polar surface area (TPSA) is 26.3 Å². The Morgan fingerprint density at radius 3 is 2.40 bits per heavy atom. The SMILES string of the molecule is CC(Cl)C1=C(c2ccccc2)C2(CCCCC2)OC1=O. The molecule has 0 bridgehead atoms. The largest absolute Gasteiger partial charge is 0.451 e. The van der Waals surface area contributed by atoms with Crippen molar-refractivity contribution in [3.05, 3.63) is 41.5 Å². The van der Waals surface area contributed by atoms with Gasteiger partial charge in [0.1, 0.15) is 5.60 Å². The number of alkyl halides is 1. The fraction of sp³-hybridized carbons (Fsp3) is 0.471. The van der Waals surface area contributed by atoms with Gasteiger partial charge in [0.2, 0.25) is 0 Å². The maximum absolute atomic E-state index is 12.3. The molecule has 1 spiro atoms. The Kier molecular flexibility index (Phi) is 3.59. The summed E-state index contributed by atoms with van der Waals surface area (Å²) in [7, 11) is 0. The summed E-state index contributed by atoms with van der Waals surface area (Å²) >= 11 is 6.27. The molecule has 1 heterocycles. The van der Waals surface area contributed by atoms with Crippen LogP contribution in [-0.4, -0.2) is 16.9 Å². The maximum atomic E-state index is 12.3. The van der Waals surface area contributed by atoms with Gasteiger partial charge in [-0.1, -0.05) is 36.8 Å². The van der Waals surface area contributed by atoms with Crippen molar-refractivity contribution in [1.29, 1.82) is 0 Å². The molecule has 1 fully saturated rings. The van der Waals surface area contributed by atoms with E-state index in [9.17, 15) is 4.79 Å². The monoisotopic (exact) mass is 290 g/mol. The van der Waals surface area contributed by atoms with Crippen molar-refractivity contribution >= 4 is 23.1 Å². The van der Waals surface area contributed by atoms with Crippen LogP contribution < -0.4 is 0 Å². The maximum Gasteiger partial charge on any atom is 0.336 e. The minimum atomic E-state index is -0.435. The Morgan fingerprint density at radius 2 is 1.80 bits per heavy atom. The molecule has 0 amide bonds. The average molecular weight is 291 g/mol. The Bertz CT molecular complexity index is 539. The van der Waals surface area contributed by atoms with Gasteiger partial charge in [0.25, 0.3) is 0 Å². The zero-order valence-corrected chi connectivity index (χ0v) is 12.5.